The van der Waals surface area contributed by atoms with E-state index >= 15 is 0 Å². The molecule has 0 bridgehead atoms. The maximum atomic E-state index is 14.0. The average molecular weight is 544 g/mol. The van der Waals surface area contributed by atoms with E-state index in [0.717, 1.165) is 57.8 Å². The molecule has 220 valence electrons. The van der Waals surface area contributed by atoms with Crippen molar-refractivity contribution in [2.75, 3.05) is 6.61 Å². The van der Waals surface area contributed by atoms with Crippen LogP contribution >= 0.6 is 0 Å². The molecule has 11 atom stereocenters. The Morgan fingerprint density at radius 1 is 0.974 bits per heavy atom. The average Bonchev–Trinajstić information content (AvgIpc) is 2.87. The van der Waals surface area contributed by atoms with Gasteiger partial charge in [-0.05, 0) is 109 Å². The minimum Gasteiger partial charge on any atom is -0.480 e. The molecule has 5 aliphatic carbocycles. The summed E-state index contributed by atoms with van der Waals surface area (Å²) < 4.78 is 0. The van der Waals surface area contributed by atoms with Crippen molar-refractivity contribution in [3.63, 3.8) is 0 Å². The standard InChI is InChI=1S/C33H53NO5/c1-19-10-15-33(28(39)34-22(18-35)27(37)38)17-16-31(6)21(26(33)20(19)2)8-9-24-30(5)13-12-25(36)29(3,4)23(30)11-14-32(24,31)7/h8,19-20,22-26,35-36H,9-18H2,1-7H3,(H,34,39)(H,37,38)/t19-,20+,22?,23+,24-,25+,26+,30+,31-,32-,33+/m1/s1. The molecule has 0 aromatic carbocycles. The van der Waals surface area contributed by atoms with Gasteiger partial charge in [0.2, 0.25) is 5.91 Å². The Bertz CT molecular complexity index is 1050. The number of amides is 1. The van der Waals surface area contributed by atoms with E-state index in [1.54, 1.807) is 0 Å². The second-order valence-corrected chi connectivity index (χ2v) is 15.7. The van der Waals surface area contributed by atoms with Crippen LogP contribution in [0.15, 0.2) is 11.6 Å². The molecule has 1 amide bonds. The summed E-state index contributed by atoms with van der Waals surface area (Å²) >= 11 is 0. The molecule has 0 radical (unpaired) electrons. The fourth-order valence-electron chi connectivity index (χ4n) is 11.4. The lowest BCUT2D eigenvalue weighted by Crippen LogP contribution is -2.66. The molecule has 0 aromatic rings. The van der Waals surface area contributed by atoms with Gasteiger partial charge in [-0.3, -0.25) is 4.79 Å². The van der Waals surface area contributed by atoms with Gasteiger partial charge in [0.1, 0.15) is 6.04 Å². The number of rotatable bonds is 4. The van der Waals surface area contributed by atoms with Crippen LogP contribution in [0.4, 0.5) is 0 Å². The third-order valence-electron chi connectivity index (χ3n) is 14.2. The smallest absolute Gasteiger partial charge is 0.328 e. The fourth-order valence-corrected chi connectivity index (χ4v) is 11.4. The SMILES string of the molecule is C[C@H]1[C@H](C)CC[C@]2(C(=O)NC(CO)C(=O)O)CC[C@]3(C)C(=CC[C@@H]4[C@@]5(C)CC[C@H](O)C(C)(C)[C@@H]5CC[C@]43C)[C@H]12. The number of hydrogen-bond donors (Lipinski definition) is 4. The maximum absolute atomic E-state index is 14.0. The second-order valence-electron chi connectivity index (χ2n) is 15.7. The summed E-state index contributed by atoms with van der Waals surface area (Å²) in [5, 5.41) is 33.0. The first-order valence-corrected chi connectivity index (χ1v) is 15.6. The molecular formula is C33H53NO5. The first-order valence-electron chi connectivity index (χ1n) is 15.6. The first-order chi connectivity index (χ1) is 18.1. The highest BCUT2D eigenvalue weighted by atomic mass is 16.4. The van der Waals surface area contributed by atoms with E-state index < -0.39 is 24.0 Å². The van der Waals surface area contributed by atoms with Crippen LogP contribution in [-0.2, 0) is 9.59 Å². The topological polar surface area (TPSA) is 107 Å². The molecule has 6 heteroatoms. The van der Waals surface area contributed by atoms with E-state index in [0.29, 0.717) is 23.7 Å². The molecule has 1 unspecified atom stereocenters. The van der Waals surface area contributed by atoms with Gasteiger partial charge < -0.3 is 20.6 Å². The number of fused-ring (bicyclic) bond motifs is 7. The zero-order chi connectivity index (χ0) is 28.8. The molecule has 0 aliphatic heterocycles. The van der Waals surface area contributed by atoms with E-state index in [9.17, 15) is 24.9 Å². The van der Waals surface area contributed by atoms with Gasteiger partial charge in [-0.15, -0.1) is 0 Å². The number of carbonyl (C=O) groups is 2. The van der Waals surface area contributed by atoms with E-state index in [2.05, 4.69) is 59.9 Å². The number of allylic oxidation sites excluding steroid dienone is 2. The fraction of sp³-hybridized carbons (Fsp3) is 0.879. The zero-order valence-electron chi connectivity index (χ0n) is 25.3. The Morgan fingerprint density at radius 3 is 2.31 bits per heavy atom. The van der Waals surface area contributed by atoms with Crippen molar-refractivity contribution in [2.24, 2.45) is 56.7 Å². The van der Waals surface area contributed by atoms with Crippen molar-refractivity contribution >= 4 is 11.9 Å². The van der Waals surface area contributed by atoms with E-state index in [4.69, 9.17) is 0 Å². The third kappa shape index (κ3) is 3.78. The highest BCUT2D eigenvalue weighted by Crippen LogP contribution is 2.75. The quantitative estimate of drug-likeness (QED) is 0.347. The molecule has 0 aromatic heterocycles. The van der Waals surface area contributed by atoms with Crippen LogP contribution in [0.1, 0.15) is 106 Å². The Balaban J connectivity index is 1.57. The molecule has 39 heavy (non-hydrogen) atoms. The van der Waals surface area contributed by atoms with Gasteiger partial charge >= 0.3 is 5.97 Å². The second kappa shape index (κ2) is 9.31. The Hall–Kier alpha value is -1.40. The summed E-state index contributed by atoms with van der Waals surface area (Å²) in [5.41, 5.74) is 1.01. The van der Waals surface area contributed by atoms with Crippen molar-refractivity contribution in [1.29, 1.82) is 0 Å². The number of hydrogen-bond acceptors (Lipinski definition) is 4. The third-order valence-corrected chi connectivity index (χ3v) is 14.2. The van der Waals surface area contributed by atoms with Gasteiger partial charge in [0.05, 0.1) is 18.1 Å². The molecule has 5 rings (SSSR count). The van der Waals surface area contributed by atoms with Crippen molar-refractivity contribution in [3.8, 4) is 0 Å². The zero-order valence-corrected chi connectivity index (χ0v) is 25.3. The van der Waals surface area contributed by atoms with Crippen LogP contribution in [0.5, 0.6) is 0 Å². The molecular weight excluding hydrogens is 490 g/mol. The number of nitrogens with one attached hydrogen (secondary N) is 1. The van der Waals surface area contributed by atoms with Gasteiger partial charge in [-0.25, -0.2) is 4.79 Å². The number of aliphatic hydroxyl groups excluding tert-OH is 2. The van der Waals surface area contributed by atoms with Crippen LogP contribution in [0.2, 0.25) is 0 Å². The molecule has 4 N–H and O–H groups in total. The van der Waals surface area contributed by atoms with Gasteiger partial charge in [0.15, 0.2) is 0 Å². The van der Waals surface area contributed by atoms with Gasteiger partial charge in [-0.2, -0.15) is 0 Å². The predicted molar refractivity (Wildman–Crippen MR) is 152 cm³/mol. The van der Waals surface area contributed by atoms with Crippen molar-refractivity contribution in [2.45, 2.75) is 118 Å². The summed E-state index contributed by atoms with van der Waals surface area (Å²) in [4.78, 5) is 25.7. The highest BCUT2D eigenvalue weighted by molar-refractivity contribution is 5.88. The predicted octanol–water partition coefficient (Wildman–Crippen LogP) is 5.57. The number of carboxylic acids is 1. The van der Waals surface area contributed by atoms with Crippen LogP contribution in [-0.4, -0.2) is 45.9 Å². The lowest BCUT2D eigenvalue weighted by atomic mass is 9.33. The minimum absolute atomic E-state index is 0.0208. The van der Waals surface area contributed by atoms with Gasteiger partial charge in [0.25, 0.3) is 0 Å². The molecule has 5 aliphatic rings. The van der Waals surface area contributed by atoms with Crippen molar-refractivity contribution < 1.29 is 24.9 Å². The van der Waals surface area contributed by atoms with E-state index in [1.165, 1.54) is 5.57 Å². The molecule has 4 fully saturated rings. The molecule has 0 heterocycles. The van der Waals surface area contributed by atoms with Crippen molar-refractivity contribution in [1.82, 2.24) is 5.32 Å². The van der Waals surface area contributed by atoms with Crippen LogP contribution in [0.3, 0.4) is 0 Å². The molecule has 0 spiro atoms. The molecule has 0 saturated heterocycles. The Kier molecular flexibility index (Phi) is 6.94. The van der Waals surface area contributed by atoms with Crippen LogP contribution in [0, 0.1) is 56.7 Å². The van der Waals surface area contributed by atoms with Gasteiger partial charge in [-0.1, -0.05) is 60.1 Å². The number of aliphatic hydroxyl groups is 2. The van der Waals surface area contributed by atoms with E-state index in [1.807, 2.05) is 0 Å². The van der Waals surface area contributed by atoms with Crippen LogP contribution < -0.4 is 5.32 Å². The maximum Gasteiger partial charge on any atom is 0.328 e. The Labute approximate surface area is 235 Å². The first kappa shape index (κ1) is 29.1. The number of carbonyl (C=O) groups excluding carboxylic acids is 1. The normalized spacial score (nSPS) is 49.3. The van der Waals surface area contributed by atoms with Crippen molar-refractivity contribution in [3.05, 3.63) is 11.6 Å². The summed E-state index contributed by atoms with van der Waals surface area (Å²) in [5.74, 6) is 0.569. The lowest BCUT2D eigenvalue weighted by molar-refractivity contribution is -0.204. The Morgan fingerprint density at radius 2 is 1.67 bits per heavy atom. The summed E-state index contributed by atoms with van der Waals surface area (Å²) in [7, 11) is 0. The minimum atomic E-state index is -1.27. The lowest BCUT2D eigenvalue weighted by Gasteiger charge is -2.71. The number of aliphatic carboxylic acids is 1. The summed E-state index contributed by atoms with van der Waals surface area (Å²) in [6.07, 6.45) is 11.0. The largest absolute Gasteiger partial charge is 0.480 e. The summed E-state index contributed by atoms with van der Waals surface area (Å²) in [6, 6.07) is -1.27. The monoisotopic (exact) mass is 543 g/mol. The van der Waals surface area contributed by atoms with E-state index in [-0.39, 0.29) is 39.6 Å². The molecule has 4 saturated carbocycles. The van der Waals surface area contributed by atoms with Crippen LogP contribution in [0.25, 0.3) is 0 Å². The number of carboxylic acid groups (broad SMARTS) is 1. The molecule has 6 nitrogen and oxygen atoms in total. The highest BCUT2D eigenvalue weighted by Gasteiger charge is 2.69. The van der Waals surface area contributed by atoms with Gasteiger partial charge in [0, 0.05) is 0 Å². The summed E-state index contributed by atoms with van der Waals surface area (Å²) in [6.45, 7) is 16.1.